The van der Waals surface area contributed by atoms with Gasteiger partial charge in [-0.25, -0.2) is 0 Å². The maximum Gasteiger partial charge on any atom is 4.00 e. The molecule has 0 aromatic carbocycles. The fourth-order valence-corrected chi connectivity index (χ4v) is 0. The molecular formula is C8H16Cl4O4Zr. The molecule has 0 spiro atoms. The molecule has 4 nitrogen and oxygen atoms in total. The monoisotopic (exact) mass is 406 g/mol. The summed E-state index contributed by atoms with van der Waals surface area (Å²) in [6.45, 7) is -0.660. The first kappa shape index (κ1) is 31.3. The SMILES string of the molecule is [O-]CCCl.[O-]CCCl.[O-]CCCl.[O-]CCCl.[Zr+4]. The molecular weight excluding hydrogens is 393 g/mol. The van der Waals surface area contributed by atoms with Crippen molar-refractivity contribution >= 4 is 46.4 Å². The van der Waals surface area contributed by atoms with Gasteiger partial charge in [0.2, 0.25) is 0 Å². The average molecular weight is 409 g/mol. The topological polar surface area (TPSA) is 92.2 Å². The van der Waals surface area contributed by atoms with Crippen LogP contribution in [-0.2, 0) is 26.2 Å². The second kappa shape index (κ2) is 52.2. The Bertz CT molecular complexity index is 53.5. The fraction of sp³-hybridized carbons (Fsp3) is 1.00. The Morgan fingerprint density at radius 3 is 0.529 bits per heavy atom. The Kier molecular flexibility index (Phi) is 96.2. The van der Waals surface area contributed by atoms with Crippen LogP contribution in [0.15, 0.2) is 0 Å². The van der Waals surface area contributed by atoms with Crippen molar-refractivity contribution < 1.29 is 46.6 Å². The van der Waals surface area contributed by atoms with E-state index in [1.54, 1.807) is 0 Å². The van der Waals surface area contributed by atoms with Crippen molar-refractivity contribution in [1.29, 1.82) is 0 Å². The van der Waals surface area contributed by atoms with Gasteiger partial charge in [-0.05, 0) is 0 Å². The van der Waals surface area contributed by atoms with E-state index in [1.165, 1.54) is 0 Å². The summed E-state index contributed by atoms with van der Waals surface area (Å²) in [4.78, 5) is 0. The molecule has 0 bridgehead atoms. The van der Waals surface area contributed by atoms with Crippen molar-refractivity contribution in [2.24, 2.45) is 0 Å². The summed E-state index contributed by atoms with van der Waals surface area (Å²) in [5, 5.41) is 36.7. The zero-order chi connectivity index (χ0) is 13.7. The molecule has 0 heterocycles. The van der Waals surface area contributed by atoms with Crippen LogP contribution in [0, 0.1) is 0 Å². The van der Waals surface area contributed by atoms with Crippen molar-refractivity contribution in [2.75, 3.05) is 49.9 Å². The minimum Gasteiger partial charge on any atom is -0.854 e. The normalized spacial score (nSPS) is 7.06. The molecule has 0 aliphatic rings. The van der Waals surface area contributed by atoms with Gasteiger partial charge in [-0.1, -0.05) is 0 Å². The molecule has 0 saturated heterocycles. The predicted molar refractivity (Wildman–Crippen MR) is 62.3 cm³/mol. The minimum absolute atomic E-state index is 0. The Morgan fingerprint density at radius 2 is 0.529 bits per heavy atom. The molecule has 0 aliphatic carbocycles. The van der Waals surface area contributed by atoms with Gasteiger partial charge in [0, 0.05) is 23.5 Å². The smallest absolute Gasteiger partial charge is 0.854 e. The number of halogens is 4. The summed E-state index contributed by atoms with van der Waals surface area (Å²) in [7, 11) is 0. The van der Waals surface area contributed by atoms with Crippen molar-refractivity contribution in [1.82, 2.24) is 0 Å². The molecule has 0 unspecified atom stereocenters. The van der Waals surface area contributed by atoms with Crippen LogP contribution in [-0.4, -0.2) is 49.9 Å². The molecule has 0 atom stereocenters. The van der Waals surface area contributed by atoms with Crippen LogP contribution < -0.4 is 20.4 Å². The standard InChI is InChI=1S/4C2H4ClO.Zr/c4*3-1-2-4;/h4*1-2H2;/q4*-1;+4. The zero-order valence-corrected chi connectivity index (χ0v) is 14.8. The molecule has 0 rings (SSSR count). The van der Waals surface area contributed by atoms with Gasteiger partial charge in [-0.15, -0.1) is 72.8 Å². The summed E-state index contributed by atoms with van der Waals surface area (Å²) in [5.41, 5.74) is 0. The van der Waals surface area contributed by atoms with Gasteiger partial charge in [-0.3, -0.25) is 0 Å². The molecule has 17 heavy (non-hydrogen) atoms. The van der Waals surface area contributed by atoms with Crippen LogP contribution in [0.3, 0.4) is 0 Å². The minimum atomic E-state index is -0.165. The molecule has 0 amide bonds. The first-order chi connectivity index (χ1) is 7.66. The molecule has 0 aromatic rings. The van der Waals surface area contributed by atoms with E-state index >= 15 is 0 Å². The van der Waals surface area contributed by atoms with Gasteiger partial charge in [0.15, 0.2) is 0 Å². The van der Waals surface area contributed by atoms with Crippen molar-refractivity contribution in [3.8, 4) is 0 Å². The van der Waals surface area contributed by atoms with Gasteiger partial charge in [0.1, 0.15) is 0 Å². The van der Waals surface area contributed by atoms with E-state index < -0.39 is 0 Å². The fourth-order valence-electron chi connectivity index (χ4n) is 0. The van der Waals surface area contributed by atoms with Crippen LogP contribution in [0.25, 0.3) is 0 Å². The first-order valence-corrected chi connectivity index (χ1v) is 6.36. The van der Waals surface area contributed by atoms with Gasteiger partial charge in [0.05, 0.1) is 0 Å². The third kappa shape index (κ3) is 130. The maximum absolute atomic E-state index is 9.17. The summed E-state index contributed by atoms with van der Waals surface area (Å²) >= 11 is 19.5. The van der Waals surface area contributed by atoms with Gasteiger partial charge >= 0.3 is 26.2 Å². The Balaban J connectivity index is -0.0000000369. The van der Waals surface area contributed by atoms with E-state index in [9.17, 15) is 0 Å². The summed E-state index contributed by atoms with van der Waals surface area (Å²) < 4.78 is 0. The van der Waals surface area contributed by atoms with Crippen LogP contribution in [0.4, 0.5) is 0 Å². The van der Waals surface area contributed by atoms with Crippen molar-refractivity contribution in [3.05, 3.63) is 0 Å². The third-order valence-electron chi connectivity index (χ3n) is 0.309. The van der Waals surface area contributed by atoms with Gasteiger partial charge in [-0.2, -0.15) is 0 Å². The Labute approximate surface area is 142 Å². The summed E-state index contributed by atoms with van der Waals surface area (Å²) in [5.74, 6) is 0.944. The molecule has 0 fully saturated rings. The zero-order valence-electron chi connectivity index (χ0n) is 9.30. The molecule has 0 aromatic heterocycles. The second-order valence-corrected chi connectivity index (χ2v) is 3.08. The van der Waals surface area contributed by atoms with E-state index in [4.69, 9.17) is 66.8 Å². The number of rotatable bonds is 4. The van der Waals surface area contributed by atoms with Crippen LogP contribution in [0.1, 0.15) is 0 Å². The van der Waals surface area contributed by atoms with E-state index in [0.717, 1.165) is 0 Å². The summed E-state index contributed by atoms with van der Waals surface area (Å²) in [6, 6.07) is 0. The molecule has 0 aliphatic heterocycles. The van der Waals surface area contributed by atoms with E-state index in [-0.39, 0.29) is 76.2 Å². The van der Waals surface area contributed by atoms with Gasteiger partial charge in [0.25, 0.3) is 0 Å². The van der Waals surface area contributed by atoms with E-state index in [2.05, 4.69) is 0 Å². The molecule has 104 valence electrons. The van der Waals surface area contributed by atoms with Crippen LogP contribution in [0.2, 0.25) is 0 Å². The molecule has 0 N–H and O–H groups in total. The predicted octanol–water partition coefficient (Wildman–Crippen LogP) is -1.66. The van der Waals surface area contributed by atoms with Crippen molar-refractivity contribution in [3.63, 3.8) is 0 Å². The van der Waals surface area contributed by atoms with Crippen LogP contribution in [0.5, 0.6) is 0 Å². The number of hydrogen-bond acceptors (Lipinski definition) is 4. The van der Waals surface area contributed by atoms with Crippen molar-refractivity contribution in [2.45, 2.75) is 0 Å². The second-order valence-electron chi connectivity index (χ2n) is 1.57. The van der Waals surface area contributed by atoms with Gasteiger partial charge < -0.3 is 20.4 Å². The number of alkyl halides is 4. The molecule has 0 radical (unpaired) electrons. The number of hydrogen-bond donors (Lipinski definition) is 0. The first-order valence-electron chi connectivity index (χ1n) is 4.22. The van der Waals surface area contributed by atoms with E-state index in [0.29, 0.717) is 0 Å². The Hall–Kier alpha value is 1.88. The van der Waals surface area contributed by atoms with E-state index in [1.807, 2.05) is 0 Å². The largest absolute Gasteiger partial charge is 4.00 e. The maximum atomic E-state index is 9.17. The summed E-state index contributed by atoms with van der Waals surface area (Å²) in [6.07, 6.45) is 0. The van der Waals surface area contributed by atoms with Crippen LogP contribution >= 0.6 is 46.4 Å². The quantitative estimate of drug-likeness (QED) is 0.520. The average Bonchev–Trinajstić information content (AvgIpc) is 2.39. The Morgan fingerprint density at radius 1 is 0.471 bits per heavy atom. The molecule has 9 heteroatoms. The molecule has 0 saturated carbocycles. The third-order valence-corrected chi connectivity index (χ3v) is 0.926.